The Bertz CT molecular complexity index is 1280. The molecule has 0 aliphatic heterocycles. The normalized spacial score (nSPS) is 20.9. The number of esters is 1. The molecule has 176 valence electrons. The standard InChI is InChI=1S/C27H28FN3O3/c1-26(2)16-27(26,22-9-4-5-10-23(22)28)25(33)30-18-11-12-20(21(13-18)24(32)34-3)17-14-29-31(15-17)19-7-6-8-19/h4-5,9-15,19H,6-8,16H2,1-3H3,(H,30,33). The van der Waals surface area contributed by atoms with E-state index < -0.39 is 17.2 Å². The quantitative estimate of drug-likeness (QED) is 0.492. The van der Waals surface area contributed by atoms with Crippen molar-refractivity contribution in [1.29, 1.82) is 0 Å². The SMILES string of the molecule is COC(=O)c1cc(NC(=O)C2(c3ccccc3F)CC2(C)C)ccc1-c1cnn(C2CCC2)c1. The van der Waals surface area contributed by atoms with Gasteiger partial charge in [-0.05, 0) is 54.9 Å². The van der Waals surface area contributed by atoms with Crippen molar-refractivity contribution in [3.05, 3.63) is 71.8 Å². The monoisotopic (exact) mass is 461 g/mol. The fourth-order valence-electron chi connectivity index (χ4n) is 5.11. The highest BCUT2D eigenvalue weighted by Crippen LogP contribution is 2.65. The van der Waals surface area contributed by atoms with Crippen LogP contribution in [0.1, 0.15) is 61.5 Å². The number of benzene rings is 2. The lowest BCUT2D eigenvalue weighted by atomic mass is 9.86. The lowest BCUT2D eigenvalue weighted by Gasteiger charge is -2.25. The molecule has 6 nitrogen and oxygen atoms in total. The van der Waals surface area contributed by atoms with Gasteiger partial charge in [0.2, 0.25) is 5.91 Å². The maximum atomic E-state index is 14.7. The Balaban J connectivity index is 1.46. The van der Waals surface area contributed by atoms with E-state index in [0.717, 1.165) is 18.4 Å². The molecule has 1 unspecified atom stereocenters. The molecule has 7 heteroatoms. The number of halogens is 1. The molecule has 2 aliphatic carbocycles. The van der Waals surface area contributed by atoms with Gasteiger partial charge >= 0.3 is 5.97 Å². The summed E-state index contributed by atoms with van der Waals surface area (Å²) in [5.74, 6) is -1.18. The van der Waals surface area contributed by atoms with Crippen LogP contribution >= 0.6 is 0 Å². The van der Waals surface area contributed by atoms with Gasteiger partial charge in [-0.2, -0.15) is 5.10 Å². The van der Waals surface area contributed by atoms with Crippen LogP contribution in [0.3, 0.4) is 0 Å². The maximum Gasteiger partial charge on any atom is 0.338 e. The van der Waals surface area contributed by atoms with Crippen LogP contribution in [0.25, 0.3) is 11.1 Å². The molecule has 0 radical (unpaired) electrons. The predicted molar refractivity (Wildman–Crippen MR) is 127 cm³/mol. The molecule has 0 bridgehead atoms. The predicted octanol–water partition coefficient (Wildman–Crippen LogP) is 5.51. The molecule has 3 aromatic rings. The molecule has 2 aromatic carbocycles. The second-order valence-electron chi connectivity index (χ2n) is 9.95. The smallest absolute Gasteiger partial charge is 0.338 e. The second-order valence-corrected chi connectivity index (χ2v) is 9.95. The molecule has 1 atom stereocenters. The van der Waals surface area contributed by atoms with Crippen molar-refractivity contribution < 1.29 is 18.7 Å². The van der Waals surface area contributed by atoms with E-state index in [9.17, 15) is 14.0 Å². The van der Waals surface area contributed by atoms with Crippen molar-refractivity contribution in [2.45, 2.75) is 51.0 Å². The van der Waals surface area contributed by atoms with Crippen LogP contribution in [0.2, 0.25) is 0 Å². The van der Waals surface area contributed by atoms with Crippen LogP contribution in [0.5, 0.6) is 0 Å². The molecule has 2 saturated carbocycles. The summed E-state index contributed by atoms with van der Waals surface area (Å²) >= 11 is 0. The third-order valence-electron chi connectivity index (χ3n) is 7.50. The average Bonchev–Trinajstić information content (AvgIpc) is 3.11. The first kappa shape index (κ1) is 22.3. The van der Waals surface area contributed by atoms with Crippen molar-refractivity contribution >= 4 is 17.6 Å². The van der Waals surface area contributed by atoms with Crippen molar-refractivity contribution in [3.63, 3.8) is 0 Å². The third kappa shape index (κ3) is 3.50. The van der Waals surface area contributed by atoms with Crippen LogP contribution in [-0.4, -0.2) is 28.8 Å². The first-order chi connectivity index (χ1) is 16.3. The largest absolute Gasteiger partial charge is 0.465 e. The molecular formula is C27H28FN3O3. The maximum absolute atomic E-state index is 14.7. The number of nitrogens with zero attached hydrogens (tertiary/aromatic N) is 2. The first-order valence-electron chi connectivity index (χ1n) is 11.6. The van der Waals surface area contributed by atoms with Gasteiger partial charge in [0.1, 0.15) is 5.82 Å². The molecule has 2 aliphatic rings. The van der Waals surface area contributed by atoms with Gasteiger partial charge < -0.3 is 10.1 Å². The molecular weight excluding hydrogens is 433 g/mol. The average molecular weight is 462 g/mol. The Labute approximate surface area is 198 Å². The van der Waals surface area contributed by atoms with Crippen LogP contribution in [-0.2, 0) is 14.9 Å². The van der Waals surface area contributed by atoms with Gasteiger partial charge in [0.25, 0.3) is 0 Å². The zero-order valence-electron chi connectivity index (χ0n) is 19.6. The summed E-state index contributed by atoms with van der Waals surface area (Å²) in [6.45, 7) is 3.92. The minimum atomic E-state index is -0.966. The zero-order valence-corrected chi connectivity index (χ0v) is 19.6. The number of rotatable bonds is 6. The molecule has 1 heterocycles. The number of carbonyl (C=O) groups excluding carboxylic acids is 2. The number of aromatic nitrogens is 2. The number of ether oxygens (including phenoxy) is 1. The summed E-state index contributed by atoms with van der Waals surface area (Å²) in [7, 11) is 1.33. The highest BCUT2D eigenvalue weighted by Gasteiger charge is 2.68. The molecule has 34 heavy (non-hydrogen) atoms. The van der Waals surface area contributed by atoms with E-state index in [-0.39, 0.29) is 11.3 Å². The molecule has 5 rings (SSSR count). The van der Waals surface area contributed by atoms with E-state index in [1.807, 2.05) is 24.7 Å². The topological polar surface area (TPSA) is 73.2 Å². The number of hydrogen-bond acceptors (Lipinski definition) is 4. The fourth-order valence-corrected chi connectivity index (χ4v) is 5.11. The van der Waals surface area contributed by atoms with Crippen LogP contribution in [0.15, 0.2) is 54.9 Å². The van der Waals surface area contributed by atoms with Gasteiger partial charge in [-0.25, -0.2) is 9.18 Å². The van der Waals surface area contributed by atoms with E-state index in [4.69, 9.17) is 4.74 Å². The summed E-state index contributed by atoms with van der Waals surface area (Å²) in [6, 6.07) is 12.0. The molecule has 1 amide bonds. The van der Waals surface area contributed by atoms with E-state index in [1.165, 1.54) is 19.6 Å². The summed E-state index contributed by atoms with van der Waals surface area (Å²) in [5, 5.41) is 7.40. The molecule has 2 fully saturated rings. The van der Waals surface area contributed by atoms with E-state index in [1.54, 1.807) is 42.6 Å². The zero-order chi connectivity index (χ0) is 24.1. The highest BCUT2D eigenvalue weighted by atomic mass is 19.1. The lowest BCUT2D eigenvalue weighted by Crippen LogP contribution is -2.33. The number of nitrogens with one attached hydrogen (secondary N) is 1. The van der Waals surface area contributed by atoms with Crippen molar-refractivity contribution in [2.24, 2.45) is 5.41 Å². The summed E-state index contributed by atoms with van der Waals surface area (Å²) < 4.78 is 21.6. The molecule has 0 saturated heterocycles. The van der Waals surface area contributed by atoms with Crippen LogP contribution in [0.4, 0.5) is 10.1 Å². The Morgan fingerprint density at radius 3 is 2.53 bits per heavy atom. The number of anilines is 1. The van der Waals surface area contributed by atoms with Gasteiger partial charge in [0.15, 0.2) is 0 Å². The number of methoxy groups -OCH3 is 1. The van der Waals surface area contributed by atoms with Gasteiger partial charge in [-0.1, -0.05) is 38.1 Å². The van der Waals surface area contributed by atoms with Crippen molar-refractivity contribution in [2.75, 3.05) is 12.4 Å². The van der Waals surface area contributed by atoms with E-state index >= 15 is 0 Å². The molecule has 1 aromatic heterocycles. The Morgan fingerprint density at radius 2 is 1.91 bits per heavy atom. The van der Waals surface area contributed by atoms with E-state index in [0.29, 0.717) is 34.8 Å². The van der Waals surface area contributed by atoms with Gasteiger partial charge in [-0.15, -0.1) is 0 Å². The third-order valence-corrected chi connectivity index (χ3v) is 7.50. The van der Waals surface area contributed by atoms with Gasteiger partial charge in [0, 0.05) is 23.0 Å². The van der Waals surface area contributed by atoms with Gasteiger partial charge in [0.05, 0.1) is 30.3 Å². The van der Waals surface area contributed by atoms with Gasteiger partial charge in [-0.3, -0.25) is 9.48 Å². The lowest BCUT2D eigenvalue weighted by molar-refractivity contribution is -0.119. The Hall–Kier alpha value is -3.48. The molecule has 1 N–H and O–H groups in total. The summed E-state index contributed by atoms with van der Waals surface area (Å²) in [4.78, 5) is 26.1. The molecule has 0 spiro atoms. The van der Waals surface area contributed by atoms with Crippen LogP contribution in [0, 0.1) is 11.2 Å². The Morgan fingerprint density at radius 1 is 1.18 bits per heavy atom. The van der Waals surface area contributed by atoms with Crippen molar-refractivity contribution in [3.8, 4) is 11.1 Å². The summed E-state index contributed by atoms with van der Waals surface area (Å²) in [5.41, 5.74) is 1.34. The second kappa shape index (κ2) is 8.08. The Kier molecular flexibility index (Phi) is 5.30. The minimum Gasteiger partial charge on any atom is -0.465 e. The van der Waals surface area contributed by atoms with Crippen molar-refractivity contribution in [1.82, 2.24) is 9.78 Å². The number of amides is 1. The first-order valence-corrected chi connectivity index (χ1v) is 11.6. The van der Waals surface area contributed by atoms with Crippen LogP contribution < -0.4 is 5.32 Å². The number of hydrogen-bond donors (Lipinski definition) is 1. The highest BCUT2D eigenvalue weighted by molar-refractivity contribution is 6.04. The summed E-state index contributed by atoms with van der Waals surface area (Å²) in [6.07, 6.45) is 7.65. The number of carbonyl (C=O) groups is 2. The van der Waals surface area contributed by atoms with E-state index in [2.05, 4.69) is 10.4 Å². The minimum absolute atomic E-state index is 0.288. The fraction of sp³-hybridized carbons (Fsp3) is 0.370.